The average Bonchev–Trinajstić information content (AvgIpc) is 2.36. The number of hydrogen-bond acceptors (Lipinski definition) is 2. The van der Waals surface area contributed by atoms with Crippen molar-refractivity contribution < 1.29 is 18.6 Å². The molecule has 2 rings (SSSR count). The molecule has 0 amide bonds. The fourth-order valence-electron chi connectivity index (χ4n) is 2.31. The quantitative estimate of drug-likeness (QED) is 0.930. The molecule has 0 aliphatic rings. The first-order chi connectivity index (χ1) is 9.36. The highest BCUT2D eigenvalue weighted by molar-refractivity contribution is 5.45. The lowest BCUT2D eigenvalue weighted by Crippen LogP contribution is -2.25. The number of halogens is 2. The van der Waals surface area contributed by atoms with Crippen LogP contribution in [0.1, 0.15) is 23.6 Å². The number of hydrogen-bond donors (Lipinski definition) is 1. The Hall–Kier alpha value is -1.94. The molecular formula is C16H16F2O2. The molecule has 20 heavy (non-hydrogen) atoms. The number of methoxy groups -OCH3 is 1. The zero-order valence-corrected chi connectivity index (χ0v) is 11.6. The molecule has 0 heterocycles. The van der Waals surface area contributed by atoms with Crippen molar-refractivity contribution in [2.24, 2.45) is 0 Å². The lowest BCUT2D eigenvalue weighted by Gasteiger charge is -2.27. The monoisotopic (exact) mass is 278 g/mol. The Morgan fingerprint density at radius 2 is 1.85 bits per heavy atom. The Morgan fingerprint density at radius 3 is 2.45 bits per heavy atom. The maximum atomic E-state index is 14.1. The zero-order valence-electron chi connectivity index (χ0n) is 11.6. The van der Waals surface area contributed by atoms with Crippen LogP contribution in [0.25, 0.3) is 0 Å². The largest absolute Gasteiger partial charge is 0.496 e. The lowest BCUT2D eigenvalue weighted by atomic mass is 9.86. The van der Waals surface area contributed by atoms with Crippen LogP contribution in [0, 0.1) is 18.6 Å². The Balaban J connectivity index is 2.66. The molecule has 0 aromatic heterocycles. The molecule has 0 saturated heterocycles. The summed E-state index contributed by atoms with van der Waals surface area (Å²) in [7, 11) is 1.39. The second-order valence-electron chi connectivity index (χ2n) is 4.91. The Labute approximate surface area is 116 Å². The van der Waals surface area contributed by atoms with Crippen LogP contribution < -0.4 is 4.74 Å². The van der Waals surface area contributed by atoms with E-state index in [-0.39, 0.29) is 16.9 Å². The molecule has 106 valence electrons. The molecule has 1 atom stereocenters. The molecule has 0 saturated carbocycles. The highest BCUT2D eigenvalue weighted by Gasteiger charge is 2.32. The fourth-order valence-corrected chi connectivity index (χ4v) is 2.31. The van der Waals surface area contributed by atoms with E-state index in [9.17, 15) is 13.9 Å². The summed E-state index contributed by atoms with van der Waals surface area (Å²) in [5.74, 6) is -0.858. The summed E-state index contributed by atoms with van der Waals surface area (Å²) in [5.41, 5.74) is -0.773. The van der Waals surface area contributed by atoms with E-state index in [0.29, 0.717) is 5.56 Å². The minimum absolute atomic E-state index is 0.00694. The molecule has 0 bridgehead atoms. The van der Waals surface area contributed by atoms with Crippen LogP contribution in [0.3, 0.4) is 0 Å². The zero-order chi connectivity index (χ0) is 14.9. The third-order valence-electron chi connectivity index (χ3n) is 3.29. The van der Waals surface area contributed by atoms with E-state index in [2.05, 4.69) is 0 Å². The predicted molar refractivity (Wildman–Crippen MR) is 72.8 cm³/mol. The summed E-state index contributed by atoms with van der Waals surface area (Å²) in [6.07, 6.45) is 0. The molecule has 1 unspecified atom stereocenters. The summed E-state index contributed by atoms with van der Waals surface area (Å²) in [4.78, 5) is 0. The van der Waals surface area contributed by atoms with Crippen LogP contribution >= 0.6 is 0 Å². The Morgan fingerprint density at radius 1 is 1.15 bits per heavy atom. The van der Waals surface area contributed by atoms with E-state index >= 15 is 0 Å². The van der Waals surface area contributed by atoms with Crippen LogP contribution in [-0.2, 0) is 5.60 Å². The van der Waals surface area contributed by atoms with E-state index in [4.69, 9.17) is 4.74 Å². The van der Waals surface area contributed by atoms with Gasteiger partial charge in [0, 0.05) is 0 Å². The molecule has 1 N–H and O–H groups in total. The first kappa shape index (κ1) is 14.5. The lowest BCUT2D eigenvalue weighted by molar-refractivity contribution is 0.0940. The van der Waals surface area contributed by atoms with Crippen LogP contribution in [0.15, 0.2) is 36.4 Å². The van der Waals surface area contributed by atoms with Crippen molar-refractivity contribution in [1.29, 1.82) is 0 Å². The fraction of sp³-hybridized carbons (Fsp3) is 0.250. The van der Waals surface area contributed by atoms with Gasteiger partial charge < -0.3 is 9.84 Å². The first-order valence-electron chi connectivity index (χ1n) is 6.19. The second-order valence-corrected chi connectivity index (χ2v) is 4.91. The third kappa shape index (κ3) is 2.51. The highest BCUT2D eigenvalue weighted by Crippen LogP contribution is 2.37. The SMILES string of the molecule is COc1cccc(F)c1C(C)(O)c1cc(C)cc(F)c1. The van der Waals surface area contributed by atoms with Crippen molar-refractivity contribution in [1.82, 2.24) is 0 Å². The van der Waals surface area contributed by atoms with Gasteiger partial charge >= 0.3 is 0 Å². The van der Waals surface area contributed by atoms with Gasteiger partial charge in [-0.15, -0.1) is 0 Å². The molecule has 2 aromatic rings. The summed E-state index contributed by atoms with van der Waals surface area (Å²) in [5, 5.41) is 10.7. The Kier molecular flexibility index (Phi) is 3.77. The van der Waals surface area contributed by atoms with Crippen molar-refractivity contribution in [3.63, 3.8) is 0 Å². The molecule has 2 nitrogen and oxygen atoms in total. The first-order valence-corrected chi connectivity index (χ1v) is 6.19. The number of aryl methyl sites for hydroxylation is 1. The van der Waals surface area contributed by atoms with E-state index in [0.717, 1.165) is 0 Å². The summed E-state index contributed by atoms with van der Waals surface area (Å²) in [6, 6.07) is 8.44. The van der Waals surface area contributed by atoms with Crippen molar-refractivity contribution in [3.05, 3.63) is 64.7 Å². The molecule has 0 aliphatic heterocycles. The van der Waals surface area contributed by atoms with E-state index in [1.165, 1.54) is 38.3 Å². The average molecular weight is 278 g/mol. The predicted octanol–water partition coefficient (Wildman–Crippen LogP) is 3.54. The number of ether oxygens (including phenoxy) is 1. The van der Waals surface area contributed by atoms with Gasteiger partial charge in [-0.1, -0.05) is 12.1 Å². The van der Waals surface area contributed by atoms with Crippen molar-refractivity contribution in [2.45, 2.75) is 19.4 Å². The smallest absolute Gasteiger partial charge is 0.133 e. The van der Waals surface area contributed by atoms with E-state index in [1.54, 1.807) is 19.1 Å². The summed E-state index contributed by atoms with van der Waals surface area (Å²) >= 11 is 0. The minimum Gasteiger partial charge on any atom is -0.496 e. The third-order valence-corrected chi connectivity index (χ3v) is 3.29. The standard InChI is InChI=1S/C16H16F2O2/c1-10-7-11(9-12(17)8-10)16(2,19)15-13(18)5-4-6-14(15)20-3/h4-9,19H,1-3H3. The minimum atomic E-state index is -1.69. The van der Waals surface area contributed by atoms with Gasteiger partial charge in [-0.3, -0.25) is 0 Å². The summed E-state index contributed by atoms with van der Waals surface area (Å²) in [6.45, 7) is 3.13. The van der Waals surface area contributed by atoms with Crippen LogP contribution in [0.5, 0.6) is 5.75 Å². The maximum Gasteiger partial charge on any atom is 0.133 e. The normalized spacial score (nSPS) is 13.9. The number of aliphatic hydroxyl groups is 1. The summed E-state index contributed by atoms with van der Waals surface area (Å²) < 4.78 is 32.7. The molecular weight excluding hydrogens is 262 g/mol. The van der Waals surface area contributed by atoms with Crippen molar-refractivity contribution in [2.75, 3.05) is 7.11 Å². The highest BCUT2D eigenvalue weighted by atomic mass is 19.1. The number of benzene rings is 2. The van der Waals surface area contributed by atoms with Gasteiger partial charge in [0.25, 0.3) is 0 Å². The van der Waals surface area contributed by atoms with Gasteiger partial charge in [0.05, 0.1) is 12.7 Å². The molecule has 0 fully saturated rings. The molecule has 4 heteroatoms. The van der Waals surface area contributed by atoms with Gasteiger partial charge in [0.2, 0.25) is 0 Å². The number of rotatable bonds is 3. The van der Waals surface area contributed by atoms with Gasteiger partial charge in [-0.25, -0.2) is 8.78 Å². The second kappa shape index (κ2) is 5.21. The molecule has 0 aliphatic carbocycles. The van der Waals surface area contributed by atoms with Gasteiger partial charge in [-0.2, -0.15) is 0 Å². The molecule has 0 spiro atoms. The van der Waals surface area contributed by atoms with E-state index in [1.807, 2.05) is 0 Å². The van der Waals surface area contributed by atoms with Gasteiger partial charge in [-0.05, 0) is 49.2 Å². The Bertz CT molecular complexity index is 616. The topological polar surface area (TPSA) is 29.5 Å². The van der Waals surface area contributed by atoms with E-state index < -0.39 is 17.2 Å². The van der Waals surface area contributed by atoms with Crippen molar-refractivity contribution >= 4 is 0 Å². The van der Waals surface area contributed by atoms with Crippen molar-refractivity contribution in [3.8, 4) is 5.75 Å². The van der Waals surface area contributed by atoms with Gasteiger partial charge in [0.1, 0.15) is 23.0 Å². The maximum absolute atomic E-state index is 14.1. The molecule has 0 radical (unpaired) electrons. The van der Waals surface area contributed by atoms with Crippen LogP contribution in [-0.4, -0.2) is 12.2 Å². The van der Waals surface area contributed by atoms with Gasteiger partial charge in [0.15, 0.2) is 0 Å². The van der Waals surface area contributed by atoms with Crippen LogP contribution in [0.2, 0.25) is 0 Å². The molecule has 2 aromatic carbocycles. The van der Waals surface area contributed by atoms with Crippen LogP contribution in [0.4, 0.5) is 8.78 Å².